The molecule has 0 heterocycles. The van der Waals surface area contributed by atoms with E-state index in [-0.39, 0.29) is 22.1 Å². The molecule has 118 valence electrons. The van der Waals surface area contributed by atoms with Gasteiger partial charge >= 0.3 is 0 Å². The second-order valence-corrected chi connectivity index (χ2v) is 5.05. The standard InChI is InChI=1S/C15H14N4O3S/c1-10-4-2-3-5-13(10)17-15(23)18-16-9-11-8-12(19(21)22)6-7-14(11)20/h2-9,20H,1H3,(H2,17,18,23)/b16-9-. The van der Waals surface area contributed by atoms with Crippen molar-refractivity contribution >= 4 is 34.9 Å². The van der Waals surface area contributed by atoms with E-state index in [1.165, 1.54) is 24.4 Å². The van der Waals surface area contributed by atoms with Gasteiger partial charge in [-0.2, -0.15) is 5.10 Å². The summed E-state index contributed by atoms with van der Waals surface area (Å²) >= 11 is 5.10. The summed E-state index contributed by atoms with van der Waals surface area (Å²) in [5.41, 5.74) is 4.54. The van der Waals surface area contributed by atoms with Crippen LogP contribution in [0.2, 0.25) is 0 Å². The third-order valence-corrected chi connectivity index (χ3v) is 3.18. The van der Waals surface area contributed by atoms with Gasteiger partial charge in [-0.25, -0.2) is 0 Å². The minimum absolute atomic E-state index is 0.112. The molecule has 0 saturated carbocycles. The Hall–Kier alpha value is -3.00. The van der Waals surface area contributed by atoms with Gasteiger partial charge in [0, 0.05) is 23.4 Å². The fourth-order valence-corrected chi connectivity index (χ4v) is 1.95. The van der Waals surface area contributed by atoms with Crippen molar-refractivity contribution in [3.05, 3.63) is 63.7 Å². The van der Waals surface area contributed by atoms with Gasteiger partial charge in [0.05, 0.1) is 11.1 Å². The Morgan fingerprint density at radius 2 is 2.09 bits per heavy atom. The van der Waals surface area contributed by atoms with Crippen molar-refractivity contribution in [2.45, 2.75) is 6.92 Å². The lowest BCUT2D eigenvalue weighted by atomic mass is 10.2. The normalized spacial score (nSPS) is 10.5. The molecule has 0 unspecified atom stereocenters. The van der Waals surface area contributed by atoms with Crippen LogP contribution in [0, 0.1) is 17.0 Å². The summed E-state index contributed by atoms with van der Waals surface area (Å²) in [5, 5.41) is 27.5. The number of aromatic hydroxyl groups is 1. The Labute approximate surface area is 137 Å². The molecular weight excluding hydrogens is 316 g/mol. The molecule has 0 aliphatic rings. The van der Waals surface area contributed by atoms with Crippen molar-refractivity contribution in [1.82, 2.24) is 5.43 Å². The molecule has 0 aliphatic carbocycles. The number of nitro benzene ring substituents is 1. The molecule has 2 aromatic carbocycles. The number of phenolic OH excluding ortho intramolecular Hbond substituents is 1. The Balaban J connectivity index is 2.01. The van der Waals surface area contributed by atoms with Crippen molar-refractivity contribution in [1.29, 1.82) is 0 Å². The SMILES string of the molecule is Cc1ccccc1NC(=S)N/N=C\c1cc([N+](=O)[O-])ccc1O. The van der Waals surface area contributed by atoms with Crippen LogP contribution < -0.4 is 10.7 Å². The van der Waals surface area contributed by atoms with Crippen molar-refractivity contribution in [2.75, 3.05) is 5.32 Å². The molecule has 23 heavy (non-hydrogen) atoms. The minimum atomic E-state index is -0.547. The summed E-state index contributed by atoms with van der Waals surface area (Å²) in [7, 11) is 0. The molecule has 0 spiro atoms. The van der Waals surface area contributed by atoms with Gasteiger partial charge in [0.2, 0.25) is 0 Å². The number of rotatable bonds is 4. The maximum atomic E-state index is 10.7. The Morgan fingerprint density at radius 3 is 2.78 bits per heavy atom. The first-order valence-corrected chi connectivity index (χ1v) is 7.01. The largest absolute Gasteiger partial charge is 0.507 e. The molecule has 0 radical (unpaired) electrons. The van der Waals surface area contributed by atoms with Crippen molar-refractivity contribution < 1.29 is 10.0 Å². The van der Waals surface area contributed by atoms with Gasteiger partial charge < -0.3 is 10.4 Å². The number of phenols is 1. The van der Waals surface area contributed by atoms with Crippen LogP contribution in [-0.2, 0) is 0 Å². The van der Waals surface area contributed by atoms with E-state index in [1.807, 2.05) is 31.2 Å². The predicted molar refractivity (Wildman–Crippen MR) is 92.9 cm³/mol. The van der Waals surface area contributed by atoms with E-state index < -0.39 is 4.92 Å². The zero-order chi connectivity index (χ0) is 16.8. The maximum absolute atomic E-state index is 10.7. The third kappa shape index (κ3) is 4.48. The average Bonchev–Trinajstić information content (AvgIpc) is 2.51. The molecule has 0 saturated heterocycles. The van der Waals surface area contributed by atoms with Crippen LogP contribution in [0.15, 0.2) is 47.6 Å². The molecule has 3 N–H and O–H groups in total. The lowest BCUT2D eigenvalue weighted by Gasteiger charge is -2.09. The second kappa shape index (κ2) is 7.32. The van der Waals surface area contributed by atoms with E-state index in [2.05, 4.69) is 15.8 Å². The number of para-hydroxylation sites is 1. The van der Waals surface area contributed by atoms with Gasteiger partial charge in [0.15, 0.2) is 5.11 Å². The fraction of sp³-hybridized carbons (Fsp3) is 0.0667. The first-order valence-electron chi connectivity index (χ1n) is 6.60. The van der Waals surface area contributed by atoms with E-state index in [0.29, 0.717) is 0 Å². The highest BCUT2D eigenvalue weighted by atomic mass is 32.1. The Kier molecular flexibility index (Phi) is 5.21. The predicted octanol–water partition coefficient (Wildman–Crippen LogP) is 2.93. The zero-order valence-electron chi connectivity index (χ0n) is 12.2. The number of thiocarbonyl (C=S) groups is 1. The summed E-state index contributed by atoms with van der Waals surface area (Å²) < 4.78 is 0. The number of hydrogen-bond donors (Lipinski definition) is 3. The maximum Gasteiger partial charge on any atom is 0.270 e. The first kappa shape index (κ1) is 16.4. The first-order chi connectivity index (χ1) is 11.0. The lowest BCUT2D eigenvalue weighted by Crippen LogP contribution is -2.24. The van der Waals surface area contributed by atoms with Gasteiger partial charge in [-0.3, -0.25) is 15.5 Å². The number of anilines is 1. The summed E-state index contributed by atoms with van der Waals surface area (Å²) in [6, 6.07) is 11.3. The van der Waals surface area contributed by atoms with Gasteiger partial charge in [-0.1, -0.05) is 18.2 Å². The van der Waals surface area contributed by atoms with Crippen molar-refractivity contribution in [2.24, 2.45) is 5.10 Å². The molecule has 7 nitrogen and oxygen atoms in total. The van der Waals surface area contributed by atoms with Crippen LogP contribution in [0.25, 0.3) is 0 Å². The molecule has 0 fully saturated rings. The highest BCUT2D eigenvalue weighted by Crippen LogP contribution is 2.21. The van der Waals surface area contributed by atoms with Gasteiger partial charge in [-0.15, -0.1) is 0 Å². The number of non-ortho nitro benzene ring substituents is 1. The van der Waals surface area contributed by atoms with Gasteiger partial charge in [0.25, 0.3) is 5.69 Å². The molecule has 0 bridgehead atoms. The number of aryl methyl sites for hydroxylation is 1. The summed E-state index contributed by atoms with van der Waals surface area (Å²) in [4.78, 5) is 10.2. The molecule has 0 aliphatic heterocycles. The fourth-order valence-electron chi connectivity index (χ4n) is 1.78. The quantitative estimate of drug-likeness (QED) is 0.345. The van der Waals surface area contributed by atoms with E-state index in [1.54, 1.807) is 0 Å². The van der Waals surface area contributed by atoms with Crippen molar-refractivity contribution in [3.8, 4) is 5.75 Å². The minimum Gasteiger partial charge on any atom is -0.507 e. The molecule has 8 heteroatoms. The third-order valence-electron chi connectivity index (χ3n) is 2.98. The second-order valence-electron chi connectivity index (χ2n) is 4.64. The van der Waals surface area contributed by atoms with E-state index >= 15 is 0 Å². The van der Waals surface area contributed by atoms with Crippen LogP contribution in [0.3, 0.4) is 0 Å². The smallest absolute Gasteiger partial charge is 0.270 e. The van der Waals surface area contributed by atoms with Crippen LogP contribution >= 0.6 is 12.2 Å². The molecule has 2 aromatic rings. The molecule has 2 rings (SSSR count). The average molecular weight is 330 g/mol. The molecular formula is C15H14N4O3S. The van der Waals surface area contributed by atoms with Crippen LogP contribution in [-0.4, -0.2) is 21.4 Å². The highest BCUT2D eigenvalue weighted by molar-refractivity contribution is 7.80. The Morgan fingerprint density at radius 1 is 1.35 bits per heavy atom. The van der Waals surface area contributed by atoms with Gasteiger partial charge in [0.1, 0.15) is 5.75 Å². The lowest BCUT2D eigenvalue weighted by molar-refractivity contribution is -0.384. The number of nitrogens with zero attached hydrogens (tertiary/aromatic N) is 2. The topological polar surface area (TPSA) is 99.8 Å². The monoisotopic (exact) mass is 330 g/mol. The summed E-state index contributed by atoms with van der Waals surface area (Å²) in [6.45, 7) is 1.94. The number of nitro groups is 1. The Bertz CT molecular complexity index is 777. The number of hydrogen-bond acceptors (Lipinski definition) is 5. The van der Waals surface area contributed by atoms with Gasteiger partial charge in [-0.05, 0) is 36.8 Å². The van der Waals surface area contributed by atoms with Crippen LogP contribution in [0.1, 0.15) is 11.1 Å². The number of hydrazone groups is 1. The number of benzene rings is 2. The summed E-state index contributed by atoms with van der Waals surface area (Å²) in [5.74, 6) is -0.112. The highest BCUT2D eigenvalue weighted by Gasteiger charge is 2.08. The van der Waals surface area contributed by atoms with E-state index in [4.69, 9.17) is 12.2 Å². The summed E-state index contributed by atoms with van der Waals surface area (Å²) in [6.07, 6.45) is 1.26. The van der Waals surface area contributed by atoms with E-state index in [0.717, 1.165) is 11.3 Å². The zero-order valence-corrected chi connectivity index (χ0v) is 13.0. The number of nitrogens with one attached hydrogen (secondary N) is 2. The van der Waals surface area contributed by atoms with Crippen molar-refractivity contribution in [3.63, 3.8) is 0 Å². The molecule has 0 aromatic heterocycles. The van der Waals surface area contributed by atoms with E-state index in [9.17, 15) is 15.2 Å². The van der Waals surface area contributed by atoms with Crippen LogP contribution in [0.5, 0.6) is 5.75 Å². The molecule has 0 amide bonds. The van der Waals surface area contributed by atoms with Crippen LogP contribution in [0.4, 0.5) is 11.4 Å². The molecule has 0 atom stereocenters.